The van der Waals surface area contributed by atoms with Crippen LogP contribution >= 0.6 is 0 Å². The van der Waals surface area contributed by atoms with E-state index in [0.717, 1.165) is 45.1 Å². The van der Waals surface area contributed by atoms with Crippen LogP contribution in [0.15, 0.2) is 30.3 Å². The predicted molar refractivity (Wildman–Crippen MR) is 75.8 cm³/mol. The quantitative estimate of drug-likeness (QED) is 0.869. The molecule has 2 aliphatic rings. The largest absolute Gasteiger partial charge is 0.354 e. The Labute approximate surface area is 114 Å². The number of nitrogens with one attached hydrogen (secondary N) is 1. The third kappa shape index (κ3) is 2.39. The first-order chi connectivity index (χ1) is 9.15. The topological polar surface area (TPSA) is 55.1 Å². The van der Waals surface area contributed by atoms with Crippen LogP contribution in [0, 0.1) is 0 Å². The Kier molecular flexibility index (Phi) is 3.09. The highest BCUT2D eigenvalue weighted by molar-refractivity contribution is 5.86. The minimum Gasteiger partial charge on any atom is -0.354 e. The molecule has 102 valence electrons. The van der Waals surface area contributed by atoms with Gasteiger partial charge in [0.1, 0.15) is 0 Å². The molecule has 3 N–H and O–H groups in total. The summed E-state index contributed by atoms with van der Waals surface area (Å²) < 4.78 is 0. The summed E-state index contributed by atoms with van der Waals surface area (Å²) in [4.78, 5) is 12.2. The molecular formula is C16H22N2O. The average molecular weight is 258 g/mol. The molecule has 2 aliphatic carbocycles. The molecule has 0 radical (unpaired) electrons. The van der Waals surface area contributed by atoms with Gasteiger partial charge in [0.25, 0.3) is 0 Å². The summed E-state index contributed by atoms with van der Waals surface area (Å²) >= 11 is 0. The van der Waals surface area contributed by atoms with Gasteiger partial charge in [-0.2, -0.15) is 0 Å². The summed E-state index contributed by atoms with van der Waals surface area (Å²) in [5.41, 5.74) is 7.09. The molecule has 0 atom stereocenters. The molecule has 0 bridgehead atoms. The van der Waals surface area contributed by atoms with Gasteiger partial charge in [0.15, 0.2) is 0 Å². The molecule has 3 heteroatoms. The number of benzene rings is 1. The van der Waals surface area contributed by atoms with E-state index >= 15 is 0 Å². The third-order valence-corrected chi connectivity index (χ3v) is 4.78. The first kappa shape index (κ1) is 12.7. The molecule has 0 saturated heterocycles. The number of carbonyl (C=O) groups is 1. The Morgan fingerprint density at radius 2 is 1.74 bits per heavy atom. The molecule has 0 spiro atoms. The van der Waals surface area contributed by atoms with Crippen molar-refractivity contribution in [2.24, 2.45) is 5.73 Å². The molecule has 0 aliphatic heterocycles. The zero-order chi connectivity index (χ0) is 13.3. The molecule has 1 amide bonds. The van der Waals surface area contributed by atoms with Gasteiger partial charge in [-0.1, -0.05) is 43.2 Å². The lowest BCUT2D eigenvalue weighted by molar-refractivity contribution is -0.126. The van der Waals surface area contributed by atoms with Crippen molar-refractivity contribution in [2.75, 3.05) is 6.54 Å². The summed E-state index contributed by atoms with van der Waals surface area (Å²) in [5.74, 6) is 0.0483. The molecular weight excluding hydrogens is 236 g/mol. The van der Waals surface area contributed by atoms with Gasteiger partial charge in [-0.15, -0.1) is 0 Å². The third-order valence-electron chi connectivity index (χ3n) is 4.78. The fourth-order valence-corrected chi connectivity index (χ4v) is 3.17. The van der Waals surface area contributed by atoms with Gasteiger partial charge in [0.05, 0.1) is 5.54 Å². The lowest BCUT2D eigenvalue weighted by Crippen LogP contribution is -2.53. The molecule has 3 nitrogen and oxygen atoms in total. The number of carbonyl (C=O) groups excluding carboxylic acids is 1. The van der Waals surface area contributed by atoms with Crippen LogP contribution < -0.4 is 11.1 Å². The predicted octanol–water partition coefficient (Wildman–Crippen LogP) is 2.11. The van der Waals surface area contributed by atoms with Gasteiger partial charge in [-0.05, 0) is 31.2 Å². The van der Waals surface area contributed by atoms with Crippen molar-refractivity contribution in [1.82, 2.24) is 5.32 Å². The summed E-state index contributed by atoms with van der Waals surface area (Å²) in [6, 6.07) is 10.5. The number of nitrogens with two attached hydrogens (primary N) is 1. The maximum atomic E-state index is 12.2. The average Bonchev–Trinajstić information content (AvgIpc) is 3.12. The van der Waals surface area contributed by atoms with Crippen molar-refractivity contribution >= 4 is 5.91 Å². The van der Waals surface area contributed by atoms with Gasteiger partial charge < -0.3 is 11.1 Å². The van der Waals surface area contributed by atoms with E-state index in [1.54, 1.807) is 0 Å². The maximum absolute atomic E-state index is 12.2. The molecule has 2 saturated carbocycles. The fourth-order valence-electron chi connectivity index (χ4n) is 3.17. The van der Waals surface area contributed by atoms with Crippen LogP contribution in [0.2, 0.25) is 0 Å². The van der Waals surface area contributed by atoms with E-state index in [4.69, 9.17) is 5.73 Å². The SMILES string of the molecule is NC1(C(=O)NCC2(c3ccccc3)CC2)CCCC1. The highest BCUT2D eigenvalue weighted by atomic mass is 16.2. The van der Waals surface area contributed by atoms with E-state index < -0.39 is 5.54 Å². The van der Waals surface area contributed by atoms with Crippen molar-refractivity contribution < 1.29 is 4.79 Å². The van der Waals surface area contributed by atoms with Crippen LogP contribution in [0.1, 0.15) is 44.1 Å². The van der Waals surface area contributed by atoms with E-state index in [0.29, 0.717) is 0 Å². The van der Waals surface area contributed by atoms with Crippen LogP contribution in [-0.2, 0) is 10.2 Å². The molecule has 1 aromatic rings. The zero-order valence-electron chi connectivity index (χ0n) is 11.3. The van der Waals surface area contributed by atoms with Crippen molar-refractivity contribution in [1.29, 1.82) is 0 Å². The summed E-state index contributed by atoms with van der Waals surface area (Å²) in [6.45, 7) is 0.731. The van der Waals surface area contributed by atoms with Gasteiger partial charge in [-0.25, -0.2) is 0 Å². The van der Waals surface area contributed by atoms with Crippen molar-refractivity contribution in [3.05, 3.63) is 35.9 Å². The van der Waals surface area contributed by atoms with Crippen molar-refractivity contribution in [3.63, 3.8) is 0 Å². The van der Waals surface area contributed by atoms with Gasteiger partial charge in [0, 0.05) is 12.0 Å². The summed E-state index contributed by atoms with van der Waals surface area (Å²) in [6.07, 6.45) is 6.14. The molecule has 19 heavy (non-hydrogen) atoms. The highest BCUT2D eigenvalue weighted by Gasteiger charge is 2.45. The monoisotopic (exact) mass is 258 g/mol. The van der Waals surface area contributed by atoms with Crippen LogP contribution in [-0.4, -0.2) is 18.0 Å². The van der Waals surface area contributed by atoms with E-state index in [9.17, 15) is 4.79 Å². The first-order valence-corrected chi connectivity index (χ1v) is 7.27. The Hall–Kier alpha value is -1.35. The fraction of sp³-hybridized carbons (Fsp3) is 0.562. The number of amides is 1. The minimum atomic E-state index is -0.604. The molecule has 1 aromatic carbocycles. The first-order valence-electron chi connectivity index (χ1n) is 7.27. The smallest absolute Gasteiger partial charge is 0.240 e. The van der Waals surface area contributed by atoms with E-state index in [2.05, 4.69) is 29.6 Å². The van der Waals surface area contributed by atoms with E-state index in [-0.39, 0.29) is 11.3 Å². The van der Waals surface area contributed by atoms with Crippen molar-refractivity contribution in [3.8, 4) is 0 Å². The van der Waals surface area contributed by atoms with Crippen molar-refractivity contribution in [2.45, 2.75) is 49.5 Å². The standard InChI is InChI=1S/C16H22N2O/c17-16(8-4-5-9-16)14(19)18-12-15(10-11-15)13-6-2-1-3-7-13/h1-3,6-7H,4-5,8-12,17H2,(H,18,19). The zero-order valence-corrected chi connectivity index (χ0v) is 11.3. The van der Waals surface area contributed by atoms with Gasteiger partial charge >= 0.3 is 0 Å². The van der Waals surface area contributed by atoms with Crippen LogP contribution in [0.5, 0.6) is 0 Å². The van der Waals surface area contributed by atoms with Crippen LogP contribution in [0.3, 0.4) is 0 Å². The molecule has 0 aromatic heterocycles. The molecule has 0 heterocycles. The minimum absolute atomic E-state index is 0.0483. The van der Waals surface area contributed by atoms with Crippen LogP contribution in [0.4, 0.5) is 0 Å². The Bertz CT molecular complexity index is 459. The molecule has 0 unspecified atom stereocenters. The molecule has 3 rings (SSSR count). The number of hydrogen-bond donors (Lipinski definition) is 2. The Morgan fingerprint density at radius 3 is 2.32 bits per heavy atom. The van der Waals surface area contributed by atoms with Gasteiger partial charge in [0.2, 0.25) is 5.91 Å². The second kappa shape index (κ2) is 4.64. The van der Waals surface area contributed by atoms with Crippen LogP contribution in [0.25, 0.3) is 0 Å². The molecule has 2 fully saturated rings. The number of rotatable bonds is 4. The van der Waals surface area contributed by atoms with Gasteiger partial charge in [-0.3, -0.25) is 4.79 Å². The maximum Gasteiger partial charge on any atom is 0.240 e. The highest BCUT2D eigenvalue weighted by Crippen LogP contribution is 2.47. The summed E-state index contributed by atoms with van der Waals surface area (Å²) in [7, 11) is 0. The Morgan fingerprint density at radius 1 is 1.11 bits per heavy atom. The second-order valence-corrected chi connectivity index (χ2v) is 6.19. The van der Waals surface area contributed by atoms with E-state index in [1.165, 1.54) is 5.56 Å². The normalized spacial score (nSPS) is 23.0. The lowest BCUT2D eigenvalue weighted by Gasteiger charge is -2.24. The second-order valence-electron chi connectivity index (χ2n) is 6.19. The Balaban J connectivity index is 1.62. The number of hydrogen-bond acceptors (Lipinski definition) is 2. The summed E-state index contributed by atoms with van der Waals surface area (Å²) in [5, 5.41) is 3.10. The van der Waals surface area contributed by atoms with E-state index in [1.807, 2.05) is 6.07 Å². The lowest BCUT2D eigenvalue weighted by atomic mass is 9.94.